The molecule has 0 saturated heterocycles. The zero-order valence-electron chi connectivity index (χ0n) is 15.2. The lowest BCUT2D eigenvalue weighted by Gasteiger charge is -2.23. The van der Waals surface area contributed by atoms with Gasteiger partial charge >= 0.3 is 12.1 Å². The molecule has 8 nitrogen and oxygen atoms in total. The Morgan fingerprint density at radius 1 is 1.04 bits per heavy atom. The molecule has 0 radical (unpaired) electrons. The summed E-state index contributed by atoms with van der Waals surface area (Å²) in [5.74, 6) is -0.626. The maximum Gasteiger partial charge on any atom is 0.408 e. The highest BCUT2D eigenvalue weighted by Gasteiger charge is 2.27. The highest BCUT2D eigenvalue weighted by molar-refractivity contribution is 5.84. The molecule has 0 fully saturated rings. The van der Waals surface area contributed by atoms with E-state index in [1.165, 1.54) is 24.3 Å². The number of ether oxygens (including phenoxy) is 2. The van der Waals surface area contributed by atoms with Crippen molar-refractivity contribution in [2.45, 2.75) is 32.4 Å². The minimum atomic E-state index is -1.10. The van der Waals surface area contributed by atoms with Crippen molar-refractivity contribution < 1.29 is 24.0 Å². The predicted molar refractivity (Wildman–Crippen MR) is 97.3 cm³/mol. The molecule has 2 aromatic carbocycles. The van der Waals surface area contributed by atoms with Crippen LogP contribution in [0.5, 0.6) is 5.75 Å². The predicted octanol–water partition coefficient (Wildman–Crippen LogP) is 3.77. The highest BCUT2D eigenvalue weighted by Crippen LogP contribution is 2.21. The number of nitrogens with one attached hydrogen (secondary N) is 1. The summed E-state index contributed by atoms with van der Waals surface area (Å²) in [6, 6.07) is 12.5. The van der Waals surface area contributed by atoms with Crippen molar-refractivity contribution in [1.82, 2.24) is 5.32 Å². The van der Waals surface area contributed by atoms with E-state index in [-0.39, 0.29) is 11.4 Å². The van der Waals surface area contributed by atoms with Crippen molar-refractivity contribution >= 4 is 17.7 Å². The number of nitro benzene ring substituents is 1. The smallest absolute Gasteiger partial charge is 0.408 e. The maximum absolute atomic E-state index is 12.6. The topological polar surface area (TPSA) is 108 Å². The summed E-state index contributed by atoms with van der Waals surface area (Å²) < 4.78 is 10.5. The van der Waals surface area contributed by atoms with Gasteiger partial charge in [0.15, 0.2) is 6.04 Å². The Hall–Kier alpha value is -3.42. The summed E-state index contributed by atoms with van der Waals surface area (Å²) in [6.07, 6.45) is -0.767. The summed E-state index contributed by atoms with van der Waals surface area (Å²) >= 11 is 0. The average molecular weight is 372 g/mol. The quantitative estimate of drug-likeness (QED) is 0.370. The summed E-state index contributed by atoms with van der Waals surface area (Å²) in [4.78, 5) is 34.9. The first kappa shape index (κ1) is 19.9. The lowest BCUT2D eigenvalue weighted by Crippen LogP contribution is -2.39. The molecule has 0 aliphatic rings. The average Bonchev–Trinajstić information content (AvgIpc) is 2.59. The Balaban J connectivity index is 2.18. The number of non-ortho nitro benzene ring substituents is 1. The number of hydrogen-bond donors (Lipinski definition) is 1. The number of amides is 1. The van der Waals surface area contributed by atoms with Gasteiger partial charge in [-0.2, -0.15) is 0 Å². The number of hydrogen-bond acceptors (Lipinski definition) is 6. The second-order valence-electron chi connectivity index (χ2n) is 6.66. The van der Waals surface area contributed by atoms with Gasteiger partial charge in [-0.1, -0.05) is 30.3 Å². The van der Waals surface area contributed by atoms with E-state index < -0.39 is 28.6 Å². The molecule has 2 rings (SSSR count). The van der Waals surface area contributed by atoms with E-state index in [9.17, 15) is 19.7 Å². The van der Waals surface area contributed by atoms with Gasteiger partial charge in [-0.15, -0.1) is 0 Å². The molecule has 2 aromatic rings. The Kier molecular flexibility index (Phi) is 6.12. The van der Waals surface area contributed by atoms with Crippen molar-refractivity contribution in [2.24, 2.45) is 0 Å². The van der Waals surface area contributed by atoms with Gasteiger partial charge in [-0.05, 0) is 38.5 Å². The van der Waals surface area contributed by atoms with Crippen molar-refractivity contribution in [2.75, 3.05) is 0 Å². The van der Waals surface area contributed by atoms with E-state index in [0.29, 0.717) is 5.56 Å². The molecule has 1 amide bonds. The minimum Gasteiger partial charge on any atom is -0.444 e. The Bertz CT molecular complexity index is 812. The van der Waals surface area contributed by atoms with Crippen molar-refractivity contribution in [1.29, 1.82) is 0 Å². The number of carbonyl (C=O) groups excluding carboxylic acids is 2. The second kappa shape index (κ2) is 8.31. The van der Waals surface area contributed by atoms with Crippen LogP contribution in [0, 0.1) is 10.1 Å². The fourth-order valence-corrected chi connectivity index (χ4v) is 2.16. The van der Waals surface area contributed by atoms with E-state index >= 15 is 0 Å². The molecule has 1 atom stereocenters. The Morgan fingerprint density at radius 3 is 2.15 bits per heavy atom. The molecule has 1 N–H and O–H groups in total. The van der Waals surface area contributed by atoms with E-state index in [1.807, 2.05) is 0 Å². The Morgan fingerprint density at radius 2 is 1.63 bits per heavy atom. The van der Waals surface area contributed by atoms with Crippen LogP contribution < -0.4 is 10.1 Å². The van der Waals surface area contributed by atoms with E-state index in [1.54, 1.807) is 51.1 Å². The number of carbonyl (C=O) groups is 2. The molecule has 0 bridgehead atoms. The van der Waals surface area contributed by atoms with E-state index in [2.05, 4.69) is 5.32 Å². The van der Waals surface area contributed by atoms with Crippen molar-refractivity contribution in [3.63, 3.8) is 0 Å². The molecule has 0 aliphatic carbocycles. The van der Waals surface area contributed by atoms with Crippen LogP contribution in [0.1, 0.15) is 32.4 Å². The molecular formula is C19H20N2O6. The van der Waals surface area contributed by atoms with Gasteiger partial charge in [-0.25, -0.2) is 9.59 Å². The van der Waals surface area contributed by atoms with Crippen molar-refractivity contribution in [3.8, 4) is 5.75 Å². The number of alkyl carbamates (subject to hydrolysis) is 1. The van der Waals surface area contributed by atoms with Crippen LogP contribution in [0.4, 0.5) is 10.5 Å². The number of nitro groups is 1. The van der Waals surface area contributed by atoms with Gasteiger partial charge < -0.3 is 14.8 Å². The van der Waals surface area contributed by atoms with Crippen LogP contribution in [-0.4, -0.2) is 22.6 Å². The summed E-state index contributed by atoms with van der Waals surface area (Å²) in [5.41, 5.74) is -0.343. The van der Waals surface area contributed by atoms with E-state index in [4.69, 9.17) is 9.47 Å². The number of rotatable bonds is 5. The third-order valence-electron chi connectivity index (χ3n) is 3.30. The minimum absolute atomic E-state index is 0.123. The van der Waals surface area contributed by atoms with Gasteiger partial charge in [0, 0.05) is 12.1 Å². The number of benzene rings is 2. The van der Waals surface area contributed by atoms with Crippen LogP contribution >= 0.6 is 0 Å². The maximum atomic E-state index is 12.6. The lowest BCUT2D eigenvalue weighted by atomic mass is 10.1. The first-order valence-corrected chi connectivity index (χ1v) is 8.16. The van der Waals surface area contributed by atoms with Crippen LogP contribution in [-0.2, 0) is 9.53 Å². The number of esters is 1. The van der Waals surface area contributed by atoms with Crippen LogP contribution in [0.25, 0.3) is 0 Å². The molecule has 0 aromatic heterocycles. The van der Waals surface area contributed by atoms with Gasteiger partial charge in [0.1, 0.15) is 11.4 Å². The van der Waals surface area contributed by atoms with Crippen LogP contribution in [0.2, 0.25) is 0 Å². The summed E-state index contributed by atoms with van der Waals surface area (Å²) in [5, 5.41) is 13.2. The van der Waals surface area contributed by atoms with Crippen LogP contribution in [0.3, 0.4) is 0 Å². The molecule has 0 unspecified atom stereocenters. The first-order chi connectivity index (χ1) is 12.7. The molecule has 0 spiro atoms. The fraction of sp³-hybridized carbons (Fsp3) is 0.263. The Labute approximate surface area is 156 Å². The third-order valence-corrected chi connectivity index (χ3v) is 3.30. The molecule has 0 saturated carbocycles. The molecule has 0 heterocycles. The SMILES string of the molecule is CC(C)(C)OC(=O)N[C@H](C(=O)Oc1ccc([N+](=O)[O-])cc1)c1ccccc1. The first-order valence-electron chi connectivity index (χ1n) is 8.16. The monoisotopic (exact) mass is 372 g/mol. The van der Waals surface area contributed by atoms with Gasteiger partial charge in [0.05, 0.1) is 4.92 Å². The number of nitrogens with zero attached hydrogens (tertiary/aromatic N) is 1. The second-order valence-corrected chi connectivity index (χ2v) is 6.66. The fourth-order valence-electron chi connectivity index (χ4n) is 2.16. The van der Waals surface area contributed by atoms with Crippen molar-refractivity contribution in [3.05, 3.63) is 70.3 Å². The molecule has 0 aliphatic heterocycles. The van der Waals surface area contributed by atoms with Gasteiger partial charge in [0.25, 0.3) is 5.69 Å². The molecule has 142 valence electrons. The summed E-state index contributed by atoms with van der Waals surface area (Å²) in [6.45, 7) is 5.12. The lowest BCUT2D eigenvalue weighted by molar-refractivity contribution is -0.384. The third kappa shape index (κ3) is 6.10. The van der Waals surface area contributed by atoms with Gasteiger partial charge in [-0.3, -0.25) is 10.1 Å². The summed E-state index contributed by atoms with van der Waals surface area (Å²) in [7, 11) is 0. The molecular weight excluding hydrogens is 352 g/mol. The molecule has 8 heteroatoms. The standard InChI is InChI=1S/C19H20N2O6/c1-19(2,3)27-18(23)20-16(13-7-5-4-6-8-13)17(22)26-15-11-9-14(10-12-15)21(24)25/h4-12,16H,1-3H3,(H,20,23)/t16-/m0/s1. The van der Waals surface area contributed by atoms with Crippen LogP contribution in [0.15, 0.2) is 54.6 Å². The largest absolute Gasteiger partial charge is 0.444 e. The zero-order chi connectivity index (χ0) is 20.0. The zero-order valence-corrected chi connectivity index (χ0v) is 15.2. The molecule has 27 heavy (non-hydrogen) atoms. The highest BCUT2D eigenvalue weighted by atomic mass is 16.6. The normalized spacial score (nSPS) is 12.0. The van der Waals surface area contributed by atoms with E-state index in [0.717, 1.165) is 0 Å². The van der Waals surface area contributed by atoms with Gasteiger partial charge in [0.2, 0.25) is 0 Å².